The molecule has 1 aliphatic carbocycles. The number of hydrogen-bond acceptors (Lipinski definition) is 2. The lowest BCUT2D eigenvalue weighted by Crippen LogP contribution is -2.35. The van der Waals surface area contributed by atoms with E-state index < -0.39 is 5.54 Å². The molecule has 3 rings (SSSR count). The van der Waals surface area contributed by atoms with Gasteiger partial charge in [0.05, 0.1) is 5.54 Å². The number of hydrogen-bond donors (Lipinski definition) is 1. The molecule has 0 fully saturated rings. The van der Waals surface area contributed by atoms with Gasteiger partial charge in [0.25, 0.3) is 0 Å². The van der Waals surface area contributed by atoms with Gasteiger partial charge in [0.1, 0.15) is 5.82 Å². The van der Waals surface area contributed by atoms with Crippen molar-refractivity contribution in [3.8, 4) is 0 Å². The quantitative estimate of drug-likeness (QED) is 0.813. The summed E-state index contributed by atoms with van der Waals surface area (Å²) in [4.78, 5) is 4.11. The normalized spacial score (nSPS) is 22.5. The second-order valence-electron chi connectivity index (χ2n) is 4.51. The number of rotatable bonds is 1. The minimum Gasteiger partial charge on any atom is -0.318 e. The van der Waals surface area contributed by atoms with Gasteiger partial charge in [0, 0.05) is 12.4 Å². The predicted molar refractivity (Wildman–Crippen MR) is 63.9 cm³/mol. The average molecular weight is 228 g/mol. The second kappa shape index (κ2) is 3.64. The van der Waals surface area contributed by atoms with Gasteiger partial charge in [-0.1, -0.05) is 12.1 Å². The molecule has 1 atom stereocenters. The van der Waals surface area contributed by atoms with Crippen molar-refractivity contribution >= 4 is 0 Å². The third-order valence-corrected chi connectivity index (χ3v) is 3.51. The van der Waals surface area contributed by atoms with Gasteiger partial charge in [0.2, 0.25) is 0 Å². The molecule has 0 amide bonds. The number of nitrogens with two attached hydrogens (primary N) is 1. The first-order valence-electron chi connectivity index (χ1n) is 5.68. The molecular formula is C14H13FN2. The summed E-state index contributed by atoms with van der Waals surface area (Å²) < 4.78 is 13.2. The van der Waals surface area contributed by atoms with Gasteiger partial charge in [-0.15, -0.1) is 0 Å². The molecule has 0 aliphatic heterocycles. The zero-order chi connectivity index (χ0) is 11.9. The zero-order valence-electron chi connectivity index (χ0n) is 9.36. The average Bonchev–Trinajstić information content (AvgIpc) is 2.69. The Morgan fingerprint density at radius 1 is 1.29 bits per heavy atom. The van der Waals surface area contributed by atoms with Crippen LogP contribution in [0.3, 0.4) is 0 Å². The van der Waals surface area contributed by atoms with Crippen molar-refractivity contribution in [1.29, 1.82) is 0 Å². The topological polar surface area (TPSA) is 38.9 Å². The predicted octanol–water partition coefficient (Wildman–Crippen LogP) is 2.37. The number of fused-ring (bicyclic) bond motifs is 1. The molecule has 86 valence electrons. The molecular weight excluding hydrogens is 215 g/mol. The lowest BCUT2D eigenvalue weighted by Gasteiger charge is -2.25. The summed E-state index contributed by atoms with van der Waals surface area (Å²) in [6.45, 7) is 0. The highest BCUT2D eigenvalue weighted by atomic mass is 19.1. The van der Waals surface area contributed by atoms with E-state index in [4.69, 9.17) is 5.73 Å². The maximum Gasteiger partial charge on any atom is 0.123 e. The van der Waals surface area contributed by atoms with Gasteiger partial charge in [-0.25, -0.2) is 4.39 Å². The van der Waals surface area contributed by atoms with Gasteiger partial charge < -0.3 is 5.73 Å². The van der Waals surface area contributed by atoms with Crippen molar-refractivity contribution < 1.29 is 4.39 Å². The van der Waals surface area contributed by atoms with Crippen LogP contribution in [0.15, 0.2) is 42.7 Å². The van der Waals surface area contributed by atoms with Crippen LogP contribution >= 0.6 is 0 Å². The lowest BCUT2D eigenvalue weighted by atomic mass is 9.86. The highest BCUT2D eigenvalue weighted by Gasteiger charge is 2.36. The van der Waals surface area contributed by atoms with Crippen molar-refractivity contribution in [3.63, 3.8) is 0 Å². The molecule has 1 aromatic heterocycles. The molecule has 0 spiro atoms. The summed E-state index contributed by atoms with van der Waals surface area (Å²) >= 11 is 0. The molecule has 0 saturated heterocycles. The largest absolute Gasteiger partial charge is 0.318 e. The van der Waals surface area contributed by atoms with Gasteiger partial charge in [-0.2, -0.15) is 0 Å². The number of nitrogens with zero attached hydrogens (tertiary/aromatic N) is 1. The monoisotopic (exact) mass is 228 g/mol. The minimum absolute atomic E-state index is 0.195. The summed E-state index contributed by atoms with van der Waals surface area (Å²) in [5.41, 5.74) is 8.98. The Kier molecular flexibility index (Phi) is 2.23. The molecule has 1 aliphatic rings. The van der Waals surface area contributed by atoms with Crippen LogP contribution in [0.1, 0.15) is 23.1 Å². The van der Waals surface area contributed by atoms with Crippen LogP contribution in [-0.4, -0.2) is 4.98 Å². The third-order valence-electron chi connectivity index (χ3n) is 3.51. The standard InChI is InChI=1S/C14H13FN2/c15-12-3-4-13-10(8-12)5-6-14(13,16)11-2-1-7-17-9-11/h1-4,7-9H,5-6,16H2. The molecule has 2 aromatic rings. The number of aromatic nitrogens is 1. The van der Waals surface area contributed by atoms with Gasteiger partial charge in [-0.05, 0) is 47.7 Å². The lowest BCUT2D eigenvalue weighted by molar-refractivity contribution is 0.532. The van der Waals surface area contributed by atoms with E-state index in [0.29, 0.717) is 0 Å². The van der Waals surface area contributed by atoms with E-state index in [1.165, 1.54) is 6.07 Å². The zero-order valence-corrected chi connectivity index (χ0v) is 9.36. The van der Waals surface area contributed by atoms with Crippen molar-refractivity contribution in [2.45, 2.75) is 18.4 Å². The number of halogens is 1. The molecule has 0 radical (unpaired) electrons. The Morgan fingerprint density at radius 2 is 2.18 bits per heavy atom. The molecule has 2 N–H and O–H groups in total. The van der Waals surface area contributed by atoms with Crippen molar-refractivity contribution in [2.75, 3.05) is 0 Å². The molecule has 1 aromatic carbocycles. The maximum absolute atomic E-state index is 13.2. The van der Waals surface area contributed by atoms with Crippen molar-refractivity contribution in [2.24, 2.45) is 5.73 Å². The molecule has 1 heterocycles. The van der Waals surface area contributed by atoms with E-state index in [0.717, 1.165) is 29.5 Å². The fraction of sp³-hybridized carbons (Fsp3) is 0.214. The third kappa shape index (κ3) is 1.54. The Hall–Kier alpha value is -1.74. The van der Waals surface area contributed by atoms with Gasteiger partial charge >= 0.3 is 0 Å². The molecule has 0 bridgehead atoms. The Morgan fingerprint density at radius 3 is 2.94 bits per heavy atom. The summed E-state index contributed by atoms with van der Waals surface area (Å²) in [5, 5.41) is 0. The Balaban J connectivity index is 2.14. The smallest absolute Gasteiger partial charge is 0.123 e. The van der Waals surface area contributed by atoms with Crippen molar-refractivity contribution in [1.82, 2.24) is 4.98 Å². The van der Waals surface area contributed by atoms with E-state index in [1.807, 2.05) is 12.1 Å². The Labute approximate surface area is 99.3 Å². The summed E-state index contributed by atoms with van der Waals surface area (Å²) in [6, 6.07) is 8.71. The molecule has 0 saturated carbocycles. The second-order valence-corrected chi connectivity index (χ2v) is 4.51. The highest BCUT2D eigenvalue weighted by Crippen LogP contribution is 2.39. The van der Waals surface area contributed by atoms with E-state index in [2.05, 4.69) is 4.98 Å². The maximum atomic E-state index is 13.2. The molecule has 3 heteroatoms. The first-order chi connectivity index (χ1) is 8.20. The van der Waals surface area contributed by atoms with Crippen LogP contribution in [0.2, 0.25) is 0 Å². The highest BCUT2D eigenvalue weighted by molar-refractivity contribution is 5.46. The summed E-state index contributed by atoms with van der Waals surface area (Å²) in [6.07, 6.45) is 5.14. The molecule has 1 unspecified atom stereocenters. The number of pyridine rings is 1. The Bertz CT molecular complexity index is 553. The van der Waals surface area contributed by atoms with E-state index in [1.54, 1.807) is 24.5 Å². The number of benzene rings is 1. The fourth-order valence-corrected chi connectivity index (χ4v) is 2.60. The summed E-state index contributed by atoms with van der Waals surface area (Å²) in [7, 11) is 0. The van der Waals surface area contributed by atoms with Crippen LogP contribution in [0, 0.1) is 5.82 Å². The van der Waals surface area contributed by atoms with Crippen LogP contribution in [0.5, 0.6) is 0 Å². The SMILES string of the molecule is NC1(c2cccnc2)CCc2cc(F)ccc21. The van der Waals surface area contributed by atoms with Crippen molar-refractivity contribution in [3.05, 3.63) is 65.2 Å². The van der Waals surface area contributed by atoms with Gasteiger partial charge in [0.15, 0.2) is 0 Å². The van der Waals surface area contributed by atoms with E-state index in [-0.39, 0.29) is 5.82 Å². The molecule has 2 nitrogen and oxygen atoms in total. The van der Waals surface area contributed by atoms with Crippen LogP contribution in [0.25, 0.3) is 0 Å². The van der Waals surface area contributed by atoms with E-state index in [9.17, 15) is 4.39 Å². The molecule has 17 heavy (non-hydrogen) atoms. The first-order valence-corrected chi connectivity index (χ1v) is 5.68. The van der Waals surface area contributed by atoms with Crippen LogP contribution in [-0.2, 0) is 12.0 Å². The summed E-state index contributed by atoms with van der Waals surface area (Å²) in [5.74, 6) is -0.195. The van der Waals surface area contributed by atoms with Gasteiger partial charge in [-0.3, -0.25) is 4.98 Å². The number of aryl methyl sites for hydroxylation is 1. The minimum atomic E-state index is -0.517. The van der Waals surface area contributed by atoms with E-state index >= 15 is 0 Å². The van der Waals surface area contributed by atoms with Crippen LogP contribution in [0.4, 0.5) is 4.39 Å². The van der Waals surface area contributed by atoms with Crippen LogP contribution < -0.4 is 5.73 Å². The fourth-order valence-electron chi connectivity index (χ4n) is 2.60. The first kappa shape index (κ1) is 10.4.